The molecule has 3 rings (SSSR count). The number of nitrogens with zero attached hydrogens (tertiary/aromatic N) is 2. The SMILES string of the molecule is NC(c1ccc(Br)cc1)c1cncnc1Nc1cccc(Cl)c1. The van der Waals surface area contributed by atoms with Crippen LogP contribution in [0.4, 0.5) is 11.5 Å². The van der Waals surface area contributed by atoms with Crippen molar-refractivity contribution in [1.29, 1.82) is 0 Å². The molecule has 0 radical (unpaired) electrons. The highest BCUT2D eigenvalue weighted by Crippen LogP contribution is 2.28. The summed E-state index contributed by atoms with van der Waals surface area (Å²) in [6.45, 7) is 0. The quantitative estimate of drug-likeness (QED) is 0.680. The number of benzene rings is 2. The summed E-state index contributed by atoms with van der Waals surface area (Å²) in [6, 6.07) is 15.0. The third kappa shape index (κ3) is 3.88. The minimum Gasteiger partial charge on any atom is -0.340 e. The molecule has 1 heterocycles. The van der Waals surface area contributed by atoms with E-state index in [1.165, 1.54) is 6.33 Å². The minimum absolute atomic E-state index is 0.328. The second-order valence-corrected chi connectivity index (χ2v) is 6.34. The van der Waals surface area contributed by atoms with Crippen LogP contribution in [-0.2, 0) is 0 Å². The number of anilines is 2. The standard InChI is InChI=1S/C17H14BrClN4/c18-12-6-4-11(5-7-12)16(20)15-9-21-10-22-17(15)23-14-3-1-2-13(19)8-14/h1-10,16H,20H2,(H,21,22,23). The van der Waals surface area contributed by atoms with Gasteiger partial charge in [0, 0.05) is 26.9 Å². The summed E-state index contributed by atoms with van der Waals surface area (Å²) < 4.78 is 1.01. The Kier molecular flexibility index (Phi) is 4.91. The van der Waals surface area contributed by atoms with Crippen LogP contribution in [0.25, 0.3) is 0 Å². The molecule has 6 heteroatoms. The average Bonchev–Trinajstić information content (AvgIpc) is 2.55. The van der Waals surface area contributed by atoms with Crippen molar-refractivity contribution in [1.82, 2.24) is 9.97 Å². The number of hydrogen-bond acceptors (Lipinski definition) is 4. The first-order chi connectivity index (χ1) is 11.1. The predicted molar refractivity (Wildman–Crippen MR) is 96.9 cm³/mol. The molecule has 0 amide bonds. The molecule has 0 bridgehead atoms. The van der Waals surface area contributed by atoms with Crippen LogP contribution >= 0.6 is 27.5 Å². The highest BCUT2D eigenvalue weighted by atomic mass is 79.9. The van der Waals surface area contributed by atoms with Gasteiger partial charge in [0.1, 0.15) is 12.1 Å². The number of rotatable bonds is 4. The number of halogens is 2. The fraction of sp³-hybridized carbons (Fsp3) is 0.0588. The molecule has 2 aromatic carbocycles. The van der Waals surface area contributed by atoms with Gasteiger partial charge >= 0.3 is 0 Å². The summed E-state index contributed by atoms with van der Waals surface area (Å²) in [6.07, 6.45) is 3.22. The first kappa shape index (κ1) is 15.9. The molecule has 0 spiro atoms. The monoisotopic (exact) mass is 388 g/mol. The van der Waals surface area contributed by atoms with Crippen LogP contribution in [0.2, 0.25) is 5.02 Å². The van der Waals surface area contributed by atoms with Crippen LogP contribution < -0.4 is 11.1 Å². The first-order valence-electron chi connectivity index (χ1n) is 6.97. The molecule has 23 heavy (non-hydrogen) atoms. The number of nitrogens with two attached hydrogens (primary N) is 1. The second kappa shape index (κ2) is 7.08. The van der Waals surface area contributed by atoms with Gasteiger partial charge in [-0.15, -0.1) is 0 Å². The van der Waals surface area contributed by atoms with Crippen molar-refractivity contribution in [2.45, 2.75) is 6.04 Å². The van der Waals surface area contributed by atoms with Crippen molar-refractivity contribution >= 4 is 39.0 Å². The Morgan fingerprint density at radius 3 is 2.65 bits per heavy atom. The van der Waals surface area contributed by atoms with Crippen LogP contribution in [0.3, 0.4) is 0 Å². The zero-order valence-electron chi connectivity index (χ0n) is 12.1. The largest absolute Gasteiger partial charge is 0.340 e. The van der Waals surface area contributed by atoms with Gasteiger partial charge in [0.15, 0.2) is 0 Å². The van der Waals surface area contributed by atoms with Gasteiger partial charge in [-0.05, 0) is 35.9 Å². The summed E-state index contributed by atoms with van der Waals surface area (Å²) in [5, 5.41) is 3.91. The highest BCUT2D eigenvalue weighted by Gasteiger charge is 2.15. The van der Waals surface area contributed by atoms with Crippen LogP contribution in [0.1, 0.15) is 17.2 Å². The molecule has 3 N–H and O–H groups in total. The Hall–Kier alpha value is -1.95. The van der Waals surface area contributed by atoms with Crippen LogP contribution in [0.5, 0.6) is 0 Å². The summed E-state index contributed by atoms with van der Waals surface area (Å²) >= 11 is 9.45. The molecule has 3 aromatic rings. The fourth-order valence-electron chi connectivity index (χ4n) is 2.23. The summed E-state index contributed by atoms with van der Waals surface area (Å²) in [4.78, 5) is 8.42. The minimum atomic E-state index is -0.328. The Labute approximate surface area is 147 Å². The maximum Gasteiger partial charge on any atom is 0.138 e. The van der Waals surface area contributed by atoms with Crippen LogP contribution in [0.15, 0.2) is 65.5 Å². The normalized spacial score (nSPS) is 12.0. The lowest BCUT2D eigenvalue weighted by atomic mass is 10.0. The van der Waals surface area contributed by atoms with E-state index in [4.69, 9.17) is 17.3 Å². The van der Waals surface area contributed by atoms with Gasteiger partial charge < -0.3 is 11.1 Å². The van der Waals surface area contributed by atoms with Crippen molar-refractivity contribution in [3.63, 3.8) is 0 Å². The number of hydrogen-bond donors (Lipinski definition) is 2. The summed E-state index contributed by atoms with van der Waals surface area (Å²) in [5.74, 6) is 0.665. The molecule has 1 atom stereocenters. The van der Waals surface area contributed by atoms with E-state index in [2.05, 4.69) is 31.2 Å². The zero-order valence-corrected chi connectivity index (χ0v) is 14.4. The Balaban J connectivity index is 1.92. The molecular formula is C17H14BrClN4. The Bertz CT molecular complexity index is 808. The van der Waals surface area contributed by atoms with Crippen molar-refractivity contribution in [3.05, 3.63) is 81.7 Å². The molecule has 0 aliphatic rings. The number of aromatic nitrogens is 2. The highest BCUT2D eigenvalue weighted by molar-refractivity contribution is 9.10. The van der Waals surface area contributed by atoms with Crippen molar-refractivity contribution in [2.75, 3.05) is 5.32 Å². The van der Waals surface area contributed by atoms with Gasteiger partial charge in [0.25, 0.3) is 0 Å². The fourth-order valence-corrected chi connectivity index (χ4v) is 2.68. The van der Waals surface area contributed by atoms with Crippen molar-refractivity contribution < 1.29 is 0 Å². The maximum atomic E-state index is 6.39. The molecule has 116 valence electrons. The van der Waals surface area contributed by atoms with Gasteiger partial charge in [0.2, 0.25) is 0 Å². The van der Waals surface area contributed by atoms with Crippen molar-refractivity contribution in [2.24, 2.45) is 5.73 Å². The molecule has 0 saturated carbocycles. The molecular weight excluding hydrogens is 376 g/mol. The molecule has 0 saturated heterocycles. The van der Waals surface area contributed by atoms with E-state index in [0.29, 0.717) is 10.8 Å². The second-order valence-electron chi connectivity index (χ2n) is 4.99. The molecule has 4 nitrogen and oxygen atoms in total. The van der Waals surface area contributed by atoms with E-state index in [0.717, 1.165) is 21.3 Å². The molecule has 1 aromatic heterocycles. The Morgan fingerprint density at radius 2 is 1.91 bits per heavy atom. The van der Waals surface area contributed by atoms with E-state index < -0.39 is 0 Å². The molecule has 0 aliphatic heterocycles. The summed E-state index contributed by atoms with van der Waals surface area (Å²) in [5.41, 5.74) is 9.04. The topological polar surface area (TPSA) is 63.8 Å². The third-order valence-electron chi connectivity index (χ3n) is 3.39. The van der Waals surface area contributed by atoms with Gasteiger partial charge in [-0.25, -0.2) is 9.97 Å². The first-order valence-corrected chi connectivity index (χ1v) is 8.14. The van der Waals surface area contributed by atoms with E-state index in [1.807, 2.05) is 48.5 Å². The Morgan fingerprint density at radius 1 is 1.13 bits per heavy atom. The lowest BCUT2D eigenvalue weighted by Gasteiger charge is -2.16. The van der Waals surface area contributed by atoms with E-state index >= 15 is 0 Å². The van der Waals surface area contributed by atoms with E-state index in [-0.39, 0.29) is 6.04 Å². The lowest BCUT2D eigenvalue weighted by molar-refractivity contribution is 0.854. The third-order valence-corrected chi connectivity index (χ3v) is 4.16. The maximum absolute atomic E-state index is 6.39. The summed E-state index contributed by atoms with van der Waals surface area (Å²) in [7, 11) is 0. The van der Waals surface area contributed by atoms with E-state index in [1.54, 1.807) is 6.20 Å². The van der Waals surface area contributed by atoms with Gasteiger partial charge in [0.05, 0.1) is 6.04 Å². The number of nitrogens with one attached hydrogen (secondary N) is 1. The molecule has 1 unspecified atom stereocenters. The van der Waals surface area contributed by atoms with Crippen molar-refractivity contribution in [3.8, 4) is 0 Å². The van der Waals surface area contributed by atoms with Gasteiger partial charge in [-0.1, -0.05) is 45.7 Å². The predicted octanol–water partition coefficient (Wildman–Crippen LogP) is 4.68. The molecule has 0 aliphatic carbocycles. The van der Waals surface area contributed by atoms with Crippen LogP contribution in [0, 0.1) is 0 Å². The van der Waals surface area contributed by atoms with E-state index in [9.17, 15) is 0 Å². The molecule has 0 fully saturated rings. The zero-order chi connectivity index (χ0) is 16.2. The van der Waals surface area contributed by atoms with Gasteiger partial charge in [-0.3, -0.25) is 0 Å². The van der Waals surface area contributed by atoms with Gasteiger partial charge in [-0.2, -0.15) is 0 Å². The smallest absolute Gasteiger partial charge is 0.138 e. The average molecular weight is 390 g/mol. The lowest BCUT2D eigenvalue weighted by Crippen LogP contribution is -2.15. The van der Waals surface area contributed by atoms with Crippen LogP contribution in [-0.4, -0.2) is 9.97 Å².